The van der Waals surface area contributed by atoms with Crippen molar-refractivity contribution in [2.75, 3.05) is 0 Å². The fraction of sp³-hybridized carbons (Fsp3) is 0. The van der Waals surface area contributed by atoms with E-state index in [1.165, 1.54) is 0 Å². The smallest absolute Gasteiger partial charge is 0 e. The van der Waals surface area contributed by atoms with Gasteiger partial charge in [-0.25, -0.2) is 0 Å². The molecule has 0 aliphatic heterocycles. The molecule has 0 saturated carbocycles. The summed E-state index contributed by atoms with van der Waals surface area (Å²) in [6.45, 7) is 0. The van der Waals surface area contributed by atoms with Gasteiger partial charge in [0, 0.05) is 36.3 Å². The van der Waals surface area contributed by atoms with Crippen LogP contribution in [0.15, 0.2) is 0 Å². The topological polar surface area (TPSA) is 17.1 Å². The van der Waals surface area contributed by atoms with E-state index in [1.807, 2.05) is 0 Å². The number of hydrogen-bond acceptors (Lipinski definition) is 1. The van der Waals surface area contributed by atoms with E-state index in [1.54, 1.807) is 15.9 Å². The Bertz CT molecular complexity index is 8.00. The van der Waals surface area contributed by atoms with Gasteiger partial charge in [-0.1, -0.05) is 0 Å². The van der Waals surface area contributed by atoms with Crippen LogP contribution in [0, 0.1) is 0 Å². The summed E-state index contributed by atoms with van der Waals surface area (Å²) in [5, 5.41) is 0. The summed E-state index contributed by atoms with van der Waals surface area (Å²) in [6.07, 6.45) is 0. The van der Waals surface area contributed by atoms with E-state index in [9.17, 15) is 0 Å². The van der Waals surface area contributed by atoms with Gasteiger partial charge in [0.15, 0.2) is 0 Å². The molecule has 0 heterocycles. The van der Waals surface area contributed by atoms with Crippen molar-refractivity contribution in [1.29, 1.82) is 0 Å². The van der Waals surface area contributed by atoms with Crippen molar-refractivity contribution in [3.63, 3.8) is 0 Å². The van der Waals surface area contributed by atoms with Crippen LogP contribution in [0.1, 0.15) is 0 Å². The van der Waals surface area contributed by atoms with Crippen LogP contribution in [0.5, 0.6) is 0 Å². The van der Waals surface area contributed by atoms with Crippen molar-refractivity contribution in [3.05, 3.63) is 0 Å². The van der Waals surface area contributed by atoms with Crippen molar-refractivity contribution in [2.45, 2.75) is 0 Å². The van der Waals surface area contributed by atoms with Crippen molar-refractivity contribution in [2.24, 2.45) is 0 Å². The van der Waals surface area contributed by atoms with Crippen LogP contribution in [0.25, 0.3) is 0 Å². The quantitative estimate of drug-likeness (QED) is 0.532. The molecule has 31 valence electrons. The van der Waals surface area contributed by atoms with Crippen LogP contribution < -0.4 is 0 Å². The molecular formula is CoMnORh. The van der Waals surface area contributed by atoms with Gasteiger partial charge in [0.25, 0.3) is 0 Å². The molecule has 0 aliphatic rings. The van der Waals surface area contributed by atoms with E-state index < -0.39 is 0 Å². The van der Waals surface area contributed by atoms with Crippen LogP contribution in [0.4, 0.5) is 0 Å². The van der Waals surface area contributed by atoms with Gasteiger partial charge < -0.3 is 0 Å². The summed E-state index contributed by atoms with van der Waals surface area (Å²) in [6, 6.07) is 0. The molecule has 0 aromatic heterocycles. The second-order valence-electron chi connectivity index (χ2n) is 0. The summed E-state index contributed by atoms with van der Waals surface area (Å²) in [4.78, 5) is 0. The fourth-order valence-corrected chi connectivity index (χ4v) is 0. The zero-order valence-corrected chi connectivity index (χ0v) is 5.31. The molecule has 0 aromatic rings. The Morgan fingerprint density at radius 1 is 1.25 bits per heavy atom. The van der Waals surface area contributed by atoms with Gasteiger partial charge in [-0.05, 0) is 0 Å². The fourth-order valence-electron chi connectivity index (χ4n) is 0. The van der Waals surface area contributed by atoms with Crippen LogP contribution in [0.2, 0.25) is 0 Å². The molecule has 0 rings (SSSR count). The van der Waals surface area contributed by atoms with Crippen LogP contribution >= 0.6 is 0 Å². The van der Waals surface area contributed by atoms with E-state index in [4.69, 9.17) is 3.83 Å². The maximum atomic E-state index is 8.06. The maximum absolute atomic E-state index is 8.06. The third-order valence-corrected chi connectivity index (χ3v) is 0. The van der Waals surface area contributed by atoms with Crippen LogP contribution in [-0.2, 0) is 56.0 Å². The number of hydrogen-bond donors (Lipinski definition) is 0. The maximum Gasteiger partial charge on any atom is 0 e. The van der Waals surface area contributed by atoms with E-state index in [2.05, 4.69) is 0 Å². The third kappa shape index (κ3) is 9.85. The van der Waals surface area contributed by atoms with Gasteiger partial charge in [-0.3, -0.25) is 0 Å². The molecule has 0 saturated heterocycles. The second kappa shape index (κ2) is 25.2. The third-order valence-electron chi connectivity index (χ3n) is 0. The zero-order chi connectivity index (χ0) is 2.00. The summed E-state index contributed by atoms with van der Waals surface area (Å²) >= 11 is 1.69. The molecule has 0 aliphatic carbocycles. The molecule has 0 amide bonds. The molecule has 0 unspecified atom stereocenters. The van der Waals surface area contributed by atoms with Crippen molar-refractivity contribution >= 4 is 0 Å². The SMILES string of the molecule is [Co].[O]=[Mn].[Rh]. The minimum atomic E-state index is 0. The van der Waals surface area contributed by atoms with Gasteiger partial charge >= 0.3 is 19.8 Å². The van der Waals surface area contributed by atoms with Crippen molar-refractivity contribution < 1.29 is 56.0 Å². The average Bonchev–Trinajstić information content (AvgIpc) is 1.00. The zero-order valence-electron chi connectivity index (χ0n) is 1.45. The molecule has 0 N–H and O–H groups in total. The summed E-state index contributed by atoms with van der Waals surface area (Å²) in [5.74, 6) is 0. The first-order valence-electron chi connectivity index (χ1n) is 0.154. The van der Waals surface area contributed by atoms with Gasteiger partial charge in [0.1, 0.15) is 0 Å². The Kier molecular flexibility index (Phi) is 113. The Morgan fingerprint density at radius 3 is 1.25 bits per heavy atom. The second-order valence-corrected chi connectivity index (χ2v) is 0. The number of rotatable bonds is 0. The summed E-state index contributed by atoms with van der Waals surface area (Å²) in [7, 11) is 0. The van der Waals surface area contributed by atoms with Crippen molar-refractivity contribution in [3.8, 4) is 0 Å². The Hall–Kier alpha value is 1.45. The van der Waals surface area contributed by atoms with E-state index >= 15 is 0 Å². The van der Waals surface area contributed by atoms with Crippen LogP contribution in [-0.4, -0.2) is 0 Å². The monoisotopic (exact) mass is 233 g/mol. The molecular weight excluding hydrogens is 233 g/mol. The Morgan fingerprint density at radius 2 is 1.25 bits per heavy atom. The first-order chi connectivity index (χ1) is 1.00. The molecule has 0 bridgehead atoms. The molecule has 0 atom stereocenters. The Balaban J connectivity index is -0.00000000500. The normalized spacial score (nSPS) is 1.00. The summed E-state index contributed by atoms with van der Waals surface area (Å²) in [5.41, 5.74) is 0. The first-order valence-corrected chi connectivity index (χ1v) is 0.636. The summed E-state index contributed by atoms with van der Waals surface area (Å²) < 4.78 is 8.06. The van der Waals surface area contributed by atoms with Gasteiger partial charge in [-0.2, -0.15) is 0 Å². The minimum absolute atomic E-state index is 0. The Labute approximate surface area is 55.9 Å². The molecule has 1 nitrogen and oxygen atoms in total. The minimum Gasteiger partial charge on any atom is 0 e. The largest absolute Gasteiger partial charge is 0 e. The average molecular weight is 233 g/mol. The van der Waals surface area contributed by atoms with Gasteiger partial charge in [0.05, 0.1) is 0 Å². The standard InChI is InChI=1S/Co.Mn.O.Rh. The van der Waals surface area contributed by atoms with Gasteiger partial charge in [-0.15, -0.1) is 0 Å². The van der Waals surface area contributed by atoms with E-state index in [0.717, 1.165) is 0 Å². The molecule has 2 radical (unpaired) electrons. The molecule has 4 heteroatoms. The molecule has 0 aromatic carbocycles. The molecule has 0 spiro atoms. The van der Waals surface area contributed by atoms with E-state index in [-0.39, 0.29) is 36.3 Å². The predicted molar refractivity (Wildman–Crippen MR) is 0.686 cm³/mol. The molecule has 0 fully saturated rings. The van der Waals surface area contributed by atoms with E-state index in [0.29, 0.717) is 0 Å². The molecule has 4 heavy (non-hydrogen) atoms. The van der Waals surface area contributed by atoms with Crippen molar-refractivity contribution in [1.82, 2.24) is 0 Å². The van der Waals surface area contributed by atoms with Gasteiger partial charge in [0.2, 0.25) is 0 Å². The first kappa shape index (κ1) is 18.0. The van der Waals surface area contributed by atoms with Crippen LogP contribution in [0.3, 0.4) is 0 Å². The predicted octanol–water partition coefficient (Wildman–Crippen LogP) is -0.126.